The molecule has 1 radical (unpaired) electrons. The zero-order valence-corrected chi connectivity index (χ0v) is 5.20. The fourth-order valence-corrected chi connectivity index (χ4v) is 0.539. The van der Waals surface area contributed by atoms with Gasteiger partial charge in [-0.2, -0.15) is 0 Å². The summed E-state index contributed by atoms with van der Waals surface area (Å²) in [5, 5.41) is 0. The van der Waals surface area contributed by atoms with E-state index >= 15 is 0 Å². The molecule has 0 aromatic rings. The Morgan fingerprint density at radius 3 is 1.86 bits per heavy atom. The molecule has 0 aliphatic carbocycles. The summed E-state index contributed by atoms with van der Waals surface area (Å²) in [6.45, 7) is 7.97. The number of hydrogen-bond donors (Lipinski definition) is 0. The van der Waals surface area contributed by atoms with Gasteiger partial charge in [0.05, 0.1) is 0 Å². The van der Waals surface area contributed by atoms with Gasteiger partial charge in [0.25, 0.3) is 0 Å². The minimum Gasteiger partial charge on any atom is -0.0850 e. The van der Waals surface area contributed by atoms with Crippen LogP contribution >= 0.6 is 0 Å². The van der Waals surface area contributed by atoms with Gasteiger partial charge in [0.2, 0.25) is 0 Å². The molecule has 0 aliphatic rings. The predicted molar refractivity (Wildman–Crippen MR) is 34.0 cm³/mol. The first-order valence-electron chi connectivity index (χ1n) is 2.82. The van der Waals surface area contributed by atoms with Crippen molar-refractivity contribution in [2.45, 2.75) is 26.7 Å². The van der Waals surface area contributed by atoms with Crippen molar-refractivity contribution >= 4 is 0 Å². The third-order valence-electron chi connectivity index (χ3n) is 1.20. The lowest BCUT2D eigenvalue weighted by atomic mass is 10.1. The lowest BCUT2D eigenvalue weighted by Gasteiger charge is -1.93. The summed E-state index contributed by atoms with van der Waals surface area (Å²) in [6, 6.07) is 0. The zero-order chi connectivity index (χ0) is 5.70. The van der Waals surface area contributed by atoms with Crippen LogP contribution in [-0.2, 0) is 0 Å². The molecule has 0 amide bonds. The monoisotopic (exact) mass is 97.1 g/mol. The van der Waals surface area contributed by atoms with Gasteiger partial charge < -0.3 is 0 Å². The molecule has 0 unspecified atom stereocenters. The molecule has 7 heavy (non-hydrogen) atoms. The highest BCUT2D eigenvalue weighted by Crippen LogP contribution is 2.02. The Bertz CT molecular complexity index is 54.4. The lowest BCUT2D eigenvalue weighted by Crippen LogP contribution is -1.72. The first-order valence-corrected chi connectivity index (χ1v) is 2.82. The van der Waals surface area contributed by atoms with Gasteiger partial charge in [0.15, 0.2) is 0 Å². The topological polar surface area (TPSA) is 0 Å². The fourth-order valence-electron chi connectivity index (χ4n) is 0.539. The van der Waals surface area contributed by atoms with Crippen molar-refractivity contribution in [3.8, 4) is 0 Å². The number of rotatable bonds is 2. The van der Waals surface area contributed by atoms with E-state index in [-0.39, 0.29) is 0 Å². The van der Waals surface area contributed by atoms with Crippen LogP contribution in [-0.4, -0.2) is 0 Å². The van der Waals surface area contributed by atoms with Crippen LogP contribution in [0.3, 0.4) is 0 Å². The highest BCUT2D eigenvalue weighted by Gasteiger charge is 1.82. The van der Waals surface area contributed by atoms with E-state index in [1.54, 1.807) is 0 Å². The Kier molecular flexibility index (Phi) is 3.77. The summed E-state index contributed by atoms with van der Waals surface area (Å²) < 4.78 is 0. The third-order valence-corrected chi connectivity index (χ3v) is 1.20. The summed E-state index contributed by atoms with van der Waals surface area (Å²) >= 11 is 0. The van der Waals surface area contributed by atoms with E-state index in [1.165, 1.54) is 5.57 Å². The molecule has 0 saturated heterocycles. The van der Waals surface area contributed by atoms with Gasteiger partial charge >= 0.3 is 0 Å². The van der Waals surface area contributed by atoms with Crippen molar-refractivity contribution in [3.63, 3.8) is 0 Å². The lowest BCUT2D eigenvalue weighted by molar-refractivity contribution is 0.978. The highest BCUT2D eigenvalue weighted by molar-refractivity contribution is 5.01. The molecule has 0 fully saturated rings. The van der Waals surface area contributed by atoms with E-state index in [0.717, 1.165) is 12.8 Å². The van der Waals surface area contributed by atoms with Crippen LogP contribution in [0, 0.1) is 6.92 Å². The summed E-state index contributed by atoms with van der Waals surface area (Å²) in [6.07, 6.45) is 4.25. The van der Waals surface area contributed by atoms with Gasteiger partial charge in [-0.1, -0.05) is 25.5 Å². The van der Waals surface area contributed by atoms with Gasteiger partial charge in [-0.25, -0.2) is 0 Å². The molecule has 41 valence electrons. The average Bonchev–Trinajstić information content (AvgIpc) is 1.72. The van der Waals surface area contributed by atoms with Crippen LogP contribution < -0.4 is 0 Å². The van der Waals surface area contributed by atoms with Crippen LogP contribution in [0.4, 0.5) is 0 Å². The van der Waals surface area contributed by atoms with E-state index in [0.29, 0.717) is 0 Å². The Morgan fingerprint density at radius 1 is 1.43 bits per heavy atom. The quantitative estimate of drug-likeness (QED) is 0.496. The van der Waals surface area contributed by atoms with E-state index in [4.69, 9.17) is 0 Å². The predicted octanol–water partition coefficient (Wildman–Crippen LogP) is 2.57. The molecule has 0 N–H and O–H groups in total. The molecule has 0 spiro atoms. The zero-order valence-electron chi connectivity index (χ0n) is 5.20. The second kappa shape index (κ2) is 3.91. The van der Waals surface area contributed by atoms with Crippen LogP contribution in [0.15, 0.2) is 11.6 Å². The van der Waals surface area contributed by atoms with Gasteiger partial charge in [0, 0.05) is 0 Å². The van der Waals surface area contributed by atoms with Crippen molar-refractivity contribution in [1.82, 2.24) is 0 Å². The van der Waals surface area contributed by atoms with Crippen LogP contribution in [0.25, 0.3) is 0 Å². The molecule has 0 heterocycles. The standard InChI is InChI=1S/C7H13/c1-4-7(5-2)6-3/h4H,1,5-6H2,2-3H3. The molecule has 0 aliphatic heterocycles. The highest BCUT2D eigenvalue weighted by atomic mass is 13.9. The van der Waals surface area contributed by atoms with Gasteiger partial charge in [-0.05, 0) is 19.8 Å². The second-order valence-electron chi connectivity index (χ2n) is 1.57. The van der Waals surface area contributed by atoms with E-state index in [9.17, 15) is 0 Å². The van der Waals surface area contributed by atoms with Crippen LogP contribution in [0.1, 0.15) is 26.7 Å². The van der Waals surface area contributed by atoms with Crippen molar-refractivity contribution in [1.29, 1.82) is 0 Å². The number of allylic oxidation sites excluding steroid dienone is 2. The summed E-state index contributed by atoms with van der Waals surface area (Å²) in [7, 11) is 0. The Hall–Kier alpha value is -0.260. The largest absolute Gasteiger partial charge is 0.0850 e. The second-order valence-corrected chi connectivity index (χ2v) is 1.57. The minimum absolute atomic E-state index is 1.15. The Balaban J connectivity index is 3.38. The maximum absolute atomic E-state index is 3.67. The molecular formula is C7H13. The first-order chi connectivity index (χ1) is 3.35. The van der Waals surface area contributed by atoms with Crippen LogP contribution in [0.2, 0.25) is 0 Å². The summed E-state index contributed by atoms with van der Waals surface area (Å²) in [4.78, 5) is 0. The molecule has 0 aromatic carbocycles. The SMILES string of the molecule is [CH2]C=C(CC)CC. The molecule has 0 saturated carbocycles. The molecular weight excluding hydrogens is 84.1 g/mol. The van der Waals surface area contributed by atoms with E-state index in [1.807, 2.05) is 6.08 Å². The Labute approximate surface area is 46.2 Å². The Morgan fingerprint density at radius 2 is 1.86 bits per heavy atom. The van der Waals surface area contributed by atoms with Crippen molar-refractivity contribution < 1.29 is 0 Å². The normalized spacial score (nSPS) is 8.43. The van der Waals surface area contributed by atoms with Crippen LogP contribution in [0.5, 0.6) is 0 Å². The van der Waals surface area contributed by atoms with Gasteiger partial charge in [-0.3, -0.25) is 0 Å². The molecule has 0 atom stereocenters. The first kappa shape index (κ1) is 6.74. The third kappa shape index (κ3) is 2.44. The summed E-state index contributed by atoms with van der Waals surface area (Å²) in [5.74, 6) is 0. The maximum Gasteiger partial charge on any atom is -0.0313 e. The number of hydrogen-bond acceptors (Lipinski definition) is 0. The molecule has 0 bridgehead atoms. The van der Waals surface area contributed by atoms with Gasteiger partial charge in [-0.15, -0.1) is 0 Å². The van der Waals surface area contributed by atoms with E-state index in [2.05, 4.69) is 20.8 Å². The van der Waals surface area contributed by atoms with E-state index < -0.39 is 0 Å². The van der Waals surface area contributed by atoms with Gasteiger partial charge in [0.1, 0.15) is 0 Å². The minimum atomic E-state index is 1.15. The van der Waals surface area contributed by atoms with Crippen molar-refractivity contribution in [2.24, 2.45) is 0 Å². The molecule has 0 rings (SSSR count). The maximum atomic E-state index is 3.67. The van der Waals surface area contributed by atoms with Crippen molar-refractivity contribution in [2.75, 3.05) is 0 Å². The molecule has 0 aromatic heterocycles. The average molecular weight is 97.2 g/mol. The fraction of sp³-hybridized carbons (Fsp3) is 0.571. The van der Waals surface area contributed by atoms with Crippen molar-refractivity contribution in [3.05, 3.63) is 18.6 Å². The smallest absolute Gasteiger partial charge is 0.0313 e. The molecule has 0 heteroatoms. The molecule has 0 nitrogen and oxygen atoms in total. The summed E-state index contributed by atoms with van der Waals surface area (Å²) in [5.41, 5.74) is 1.44.